The van der Waals surface area contributed by atoms with Crippen LogP contribution in [0.15, 0.2) is 36.4 Å². The molecule has 0 radical (unpaired) electrons. The first-order valence-corrected chi connectivity index (χ1v) is 7.49. The molecule has 0 saturated carbocycles. The molecule has 1 aromatic carbocycles. The molecule has 0 aliphatic carbocycles. The topological polar surface area (TPSA) is 45.1 Å². The lowest BCUT2D eigenvalue weighted by Crippen LogP contribution is -2.23. The number of hydrogen-bond donors (Lipinski definition) is 2. The molecule has 1 atom stereocenters. The molecule has 108 valence electrons. The summed E-state index contributed by atoms with van der Waals surface area (Å²) < 4.78 is 0. The van der Waals surface area contributed by atoms with Crippen LogP contribution in [0.4, 0.5) is 0 Å². The molecule has 0 saturated heterocycles. The van der Waals surface area contributed by atoms with E-state index in [4.69, 9.17) is 5.11 Å². The second kappa shape index (κ2) is 7.98. The van der Waals surface area contributed by atoms with E-state index in [1.807, 2.05) is 18.2 Å². The van der Waals surface area contributed by atoms with E-state index in [9.17, 15) is 0 Å². The Labute approximate surface area is 121 Å². The van der Waals surface area contributed by atoms with Gasteiger partial charge >= 0.3 is 0 Å². The van der Waals surface area contributed by atoms with Crippen molar-refractivity contribution < 1.29 is 5.11 Å². The Morgan fingerprint density at radius 1 is 1.15 bits per heavy atom. The van der Waals surface area contributed by atoms with Gasteiger partial charge in [-0.1, -0.05) is 37.6 Å². The fourth-order valence-electron chi connectivity index (χ4n) is 2.55. The van der Waals surface area contributed by atoms with Crippen LogP contribution in [0.2, 0.25) is 0 Å². The van der Waals surface area contributed by atoms with E-state index in [0.29, 0.717) is 5.92 Å². The van der Waals surface area contributed by atoms with E-state index in [0.717, 1.165) is 30.7 Å². The number of pyridine rings is 1. The van der Waals surface area contributed by atoms with Gasteiger partial charge in [-0.3, -0.25) is 4.98 Å². The summed E-state index contributed by atoms with van der Waals surface area (Å²) in [4.78, 5) is 4.65. The molecule has 1 aromatic heterocycles. The second-order valence-electron chi connectivity index (χ2n) is 5.29. The minimum Gasteiger partial charge on any atom is -0.396 e. The van der Waals surface area contributed by atoms with Gasteiger partial charge in [0.2, 0.25) is 0 Å². The summed E-state index contributed by atoms with van der Waals surface area (Å²) in [5.74, 6) is 0.561. The van der Waals surface area contributed by atoms with Crippen LogP contribution in [-0.2, 0) is 6.54 Å². The molecule has 0 aliphatic heterocycles. The number of aliphatic hydroxyl groups excluding tert-OH is 1. The van der Waals surface area contributed by atoms with Gasteiger partial charge in [0.1, 0.15) is 0 Å². The smallest absolute Gasteiger partial charge is 0.0705 e. The summed E-state index contributed by atoms with van der Waals surface area (Å²) in [6, 6.07) is 12.4. The number of para-hydroxylation sites is 1. The van der Waals surface area contributed by atoms with Crippen LogP contribution in [0, 0.1) is 5.92 Å². The van der Waals surface area contributed by atoms with Gasteiger partial charge in [-0.05, 0) is 37.4 Å². The molecule has 20 heavy (non-hydrogen) atoms. The molecule has 0 bridgehead atoms. The van der Waals surface area contributed by atoms with Gasteiger partial charge in [0.05, 0.1) is 11.2 Å². The maximum atomic E-state index is 9.06. The maximum absolute atomic E-state index is 9.06. The molecule has 3 nitrogen and oxygen atoms in total. The van der Waals surface area contributed by atoms with E-state index in [2.05, 4.69) is 35.4 Å². The Bertz CT molecular complexity index is 521. The monoisotopic (exact) mass is 272 g/mol. The highest BCUT2D eigenvalue weighted by Crippen LogP contribution is 2.12. The summed E-state index contributed by atoms with van der Waals surface area (Å²) >= 11 is 0. The third-order valence-electron chi connectivity index (χ3n) is 3.63. The quantitative estimate of drug-likeness (QED) is 0.776. The number of aromatic nitrogens is 1. The molecule has 2 aromatic rings. The van der Waals surface area contributed by atoms with Crippen LogP contribution in [0.25, 0.3) is 10.9 Å². The summed E-state index contributed by atoms with van der Waals surface area (Å²) in [7, 11) is 0. The lowest BCUT2D eigenvalue weighted by atomic mass is 10.0. The van der Waals surface area contributed by atoms with Crippen LogP contribution >= 0.6 is 0 Å². The molecule has 2 rings (SSSR count). The van der Waals surface area contributed by atoms with Crippen LogP contribution < -0.4 is 5.32 Å². The van der Waals surface area contributed by atoms with Gasteiger partial charge in [-0.2, -0.15) is 0 Å². The minimum atomic E-state index is 0.278. The van der Waals surface area contributed by atoms with Gasteiger partial charge in [-0.25, -0.2) is 0 Å². The van der Waals surface area contributed by atoms with Gasteiger partial charge in [0, 0.05) is 18.5 Å². The van der Waals surface area contributed by atoms with Crippen molar-refractivity contribution in [2.24, 2.45) is 5.92 Å². The van der Waals surface area contributed by atoms with Gasteiger partial charge < -0.3 is 10.4 Å². The Morgan fingerprint density at radius 3 is 2.80 bits per heavy atom. The molecule has 1 unspecified atom stereocenters. The Kier molecular flexibility index (Phi) is 5.96. The SMILES string of the molecule is CCCC(CCO)CNCc1ccc2ccccc2n1. The predicted molar refractivity (Wildman–Crippen MR) is 83.6 cm³/mol. The standard InChI is InChI=1S/C17H24N2O/c1-2-5-14(10-11-20)12-18-13-16-9-8-15-6-3-4-7-17(15)19-16/h3-4,6-9,14,18,20H,2,5,10-13H2,1H3. The zero-order chi connectivity index (χ0) is 14.2. The average molecular weight is 272 g/mol. The number of nitrogens with one attached hydrogen (secondary N) is 1. The molecule has 0 fully saturated rings. The molecule has 1 heterocycles. The van der Waals surface area contributed by atoms with E-state index in [1.54, 1.807) is 0 Å². The zero-order valence-electron chi connectivity index (χ0n) is 12.2. The first-order chi connectivity index (χ1) is 9.83. The van der Waals surface area contributed by atoms with Crippen molar-refractivity contribution in [3.63, 3.8) is 0 Å². The largest absolute Gasteiger partial charge is 0.396 e. The Morgan fingerprint density at radius 2 is 2.00 bits per heavy atom. The number of benzene rings is 1. The van der Waals surface area contributed by atoms with Crippen molar-refractivity contribution in [2.75, 3.05) is 13.2 Å². The number of aliphatic hydroxyl groups is 1. The number of rotatable bonds is 8. The lowest BCUT2D eigenvalue weighted by Gasteiger charge is -2.15. The first kappa shape index (κ1) is 14.9. The van der Waals surface area contributed by atoms with E-state index in [1.165, 1.54) is 18.2 Å². The average Bonchev–Trinajstić information content (AvgIpc) is 2.47. The van der Waals surface area contributed by atoms with Crippen LogP contribution in [0.1, 0.15) is 31.9 Å². The van der Waals surface area contributed by atoms with Crippen LogP contribution in [0.3, 0.4) is 0 Å². The van der Waals surface area contributed by atoms with Gasteiger partial charge in [-0.15, -0.1) is 0 Å². The van der Waals surface area contributed by atoms with Gasteiger partial charge in [0.25, 0.3) is 0 Å². The summed E-state index contributed by atoms with van der Waals surface area (Å²) in [6.07, 6.45) is 3.21. The van der Waals surface area contributed by atoms with Crippen LogP contribution in [0.5, 0.6) is 0 Å². The Hall–Kier alpha value is -1.45. The summed E-state index contributed by atoms with van der Waals surface area (Å²) in [6.45, 7) is 4.20. The third kappa shape index (κ3) is 4.29. The highest BCUT2D eigenvalue weighted by atomic mass is 16.3. The van der Waals surface area contributed by atoms with Gasteiger partial charge in [0.15, 0.2) is 0 Å². The van der Waals surface area contributed by atoms with Crippen molar-refractivity contribution in [1.29, 1.82) is 0 Å². The summed E-state index contributed by atoms with van der Waals surface area (Å²) in [5.41, 5.74) is 2.12. The van der Waals surface area contributed by atoms with Crippen molar-refractivity contribution in [2.45, 2.75) is 32.7 Å². The third-order valence-corrected chi connectivity index (χ3v) is 3.63. The van der Waals surface area contributed by atoms with Crippen molar-refractivity contribution in [3.8, 4) is 0 Å². The molecule has 0 amide bonds. The predicted octanol–water partition coefficient (Wildman–Crippen LogP) is 3.12. The first-order valence-electron chi connectivity index (χ1n) is 7.49. The molecular formula is C17H24N2O. The second-order valence-corrected chi connectivity index (χ2v) is 5.29. The molecule has 3 heteroatoms. The normalized spacial score (nSPS) is 12.7. The number of nitrogens with zero attached hydrogens (tertiary/aromatic N) is 1. The number of hydrogen-bond acceptors (Lipinski definition) is 3. The van der Waals surface area contributed by atoms with E-state index < -0.39 is 0 Å². The fraction of sp³-hybridized carbons (Fsp3) is 0.471. The van der Waals surface area contributed by atoms with E-state index in [-0.39, 0.29) is 6.61 Å². The molecule has 2 N–H and O–H groups in total. The zero-order valence-corrected chi connectivity index (χ0v) is 12.2. The van der Waals surface area contributed by atoms with Crippen LogP contribution in [-0.4, -0.2) is 23.2 Å². The minimum absolute atomic E-state index is 0.278. The molecular weight excluding hydrogens is 248 g/mol. The van der Waals surface area contributed by atoms with Crippen molar-refractivity contribution >= 4 is 10.9 Å². The molecule has 0 spiro atoms. The van der Waals surface area contributed by atoms with E-state index >= 15 is 0 Å². The maximum Gasteiger partial charge on any atom is 0.0705 e. The lowest BCUT2D eigenvalue weighted by molar-refractivity contribution is 0.248. The number of fused-ring (bicyclic) bond motifs is 1. The highest BCUT2D eigenvalue weighted by molar-refractivity contribution is 5.78. The Balaban J connectivity index is 1.88. The fourth-order valence-corrected chi connectivity index (χ4v) is 2.55. The summed E-state index contributed by atoms with van der Waals surface area (Å²) in [5, 5.41) is 13.7. The molecule has 0 aliphatic rings. The highest BCUT2D eigenvalue weighted by Gasteiger charge is 2.06. The van der Waals surface area contributed by atoms with Crippen molar-refractivity contribution in [3.05, 3.63) is 42.1 Å². The van der Waals surface area contributed by atoms with Crippen molar-refractivity contribution in [1.82, 2.24) is 10.3 Å².